The fourth-order valence-electron chi connectivity index (χ4n) is 3.05. The lowest BCUT2D eigenvalue weighted by atomic mass is 10.1. The normalized spacial score (nSPS) is 9.83. The quantitative estimate of drug-likeness (QED) is 0.192. The molecule has 0 N–H and O–H groups in total. The molecule has 0 aromatic heterocycles. The second-order valence-electron chi connectivity index (χ2n) is 7.20. The third kappa shape index (κ3) is 6.14. The van der Waals surface area contributed by atoms with Crippen LogP contribution in [0.25, 0.3) is 0 Å². The number of benzene rings is 4. The van der Waals surface area contributed by atoms with Crippen molar-refractivity contribution in [2.24, 2.45) is 0 Å². The molecule has 0 radical (unpaired) electrons. The van der Waals surface area contributed by atoms with Gasteiger partial charge in [0.1, 0.15) is 0 Å². The van der Waals surface area contributed by atoms with Gasteiger partial charge in [0, 0.05) is 56.3 Å². The second kappa shape index (κ2) is 10.8. The van der Waals surface area contributed by atoms with Crippen LogP contribution in [0.1, 0.15) is 22.3 Å². The Bertz CT molecular complexity index is 1410. The molecule has 4 aromatic carbocycles. The zero-order chi connectivity index (χ0) is 24.6. The number of hydrogen-bond donors (Lipinski definition) is 0. The maximum absolute atomic E-state index is 10.8. The Morgan fingerprint density at radius 2 is 0.886 bits per heavy atom. The minimum Gasteiger partial charge on any atom is -0.258 e. The molecule has 0 bridgehead atoms. The van der Waals surface area contributed by atoms with E-state index < -0.39 is 9.85 Å². The van der Waals surface area contributed by atoms with Gasteiger partial charge in [0.15, 0.2) is 0 Å². The largest absolute Gasteiger partial charge is 0.269 e. The molecule has 0 aliphatic rings. The second-order valence-corrected chi connectivity index (χ2v) is 8.29. The van der Waals surface area contributed by atoms with Crippen LogP contribution in [0.3, 0.4) is 0 Å². The molecule has 7 heteroatoms. The lowest BCUT2D eigenvalue weighted by Gasteiger charge is -2.06. The summed E-state index contributed by atoms with van der Waals surface area (Å²) >= 11 is 1.54. The Morgan fingerprint density at radius 3 is 1.26 bits per heavy atom. The Hall–Kier alpha value is -4.85. The highest BCUT2D eigenvalue weighted by Gasteiger charge is 2.07. The van der Waals surface area contributed by atoms with Crippen LogP contribution in [-0.4, -0.2) is 9.85 Å². The van der Waals surface area contributed by atoms with Crippen LogP contribution in [0.5, 0.6) is 0 Å². The van der Waals surface area contributed by atoms with Crippen molar-refractivity contribution in [2.75, 3.05) is 0 Å². The first-order valence-corrected chi connectivity index (χ1v) is 11.2. The van der Waals surface area contributed by atoms with Gasteiger partial charge in [-0.3, -0.25) is 20.2 Å². The monoisotopic (exact) mass is 476 g/mol. The van der Waals surface area contributed by atoms with E-state index in [1.807, 2.05) is 48.5 Å². The van der Waals surface area contributed by atoms with E-state index in [0.717, 1.165) is 20.9 Å². The van der Waals surface area contributed by atoms with Gasteiger partial charge in [0.05, 0.1) is 9.85 Å². The van der Waals surface area contributed by atoms with Crippen molar-refractivity contribution >= 4 is 23.1 Å². The van der Waals surface area contributed by atoms with Gasteiger partial charge in [-0.05, 0) is 48.5 Å². The maximum atomic E-state index is 10.8. The molecule has 35 heavy (non-hydrogen) atoms. The molecule has 0 unspecified atom stereocenters. The minimum atomic E-state index is -0.439. The fraction of sp³-hybridized carbons (Fsp3) is 0. The molecule has 168 valence electrons. The van der Waals surface area contributed by atoms with Crippen molar-refractivity contribution in [3.63, 3.8) is 0 Å². The first kappa shape index (κ1) is 23.3. The van der Waals surface area contributed by atoms with Crippen molar-refractivity contribution in [1.29, 1.82) is 0 Å². The Balaban J connectivity index is 1.58. The summed E-state index contributed by atoms with van der Waals surface area (Å²) in [6, 6.07) is 27.7. The number of nitro benzene ring substituents is 2. The molecule has 0 aliphatic carbocycles. The highest BCUT2D eigenvalue weighted by molar-refractivity contribution is 7.99. The predicted octanol–water partition coefficient (Wildman–Crippen LogP) is 6.45. The van der Waals surface area contributed by atoms with Gasteiger partial charge in [0.2, 0.25) is 0 Å². The molecule has 0 atom stereocenters. The van der Waals surface area contributed by atoms with Gasteiger partial charge in [-0.15, -0.1) is 0 Å². The smallest absolute Gasteiger partial charge is 0.258 e. The number of hydrogen-bond acceptors (Lipinski definition) is 5. The van der Waals surface area contributed by atoms with Gasteiger partial charge in [-0.2, -0.15) is 0 Å². The maximum Gasteiger partial charge on any atom is 0.269 e. The van der Waals surface area contributed by atoms with E-state index in [1.54, 1.807) is 36.0 Å². The van der Waals surface area contributed by atoms with E-state index in [9.17, 15) is 20.2 Å². The van der Waals surface area contributed by atoms with Crippen LogP contribution in [0.2, 0.25) is 0 Å². The summed E-state index contributed by atoms with van der Waals surface area (Å²) in [7, 11) is 0. The Labute approximate surface area is 205 Å². The van der Waals surface area contributed by atoms with Crippen LogP contribution >= 0.6 is 11.8 Å². The van der Waals surface area contributed by atoms with Gasteiger partial charge < -0.3 is 0 Å². The lowest BCUT2D eigenvalue weighted by molar-refractivity contribution is -0.385. The van der Waals surface area contributed by atoms with Crippen molar-refractivity contribution in [3.8, 4) is 23.7 Å². The van der Waals surface area contributed by atoms with Gasteiger partial charge in [-0.25, -0.2) is 0 Å². The van der Waals surface area contributed by atoms with Gasteiger partial charge in [-0.1, -0.05) is 59.7 Å². The summed E-state index contributed by atoms with van der Waals surface area (Å²) < 4.78 is 0. The topological polar surface area (TPSA) is 86.3 Å². The van der Waals surface area contributed by atoms with E-state index in [1.165, 1.54) is 24.3 Å². The molecule has 4 rings (SSSR count). The average Bonchev–Trinajstić information content (AvgIpc) is 2.88. The number of non-ortho nitro benzene ring substituents is 2. The predicted molar refractivity (Wildman–Crippen MR) is 135 cm³/mol. The van der Waals surface area contributed by atoms with E-state index in [4.69, 9.17) is 0 Å². The SMILES string of the molecule is O=[N+]([O-])c1ccc(C#Cc2ccccc2Sc2ccccc2C#Cc2ccc([N+](=O)[O-])cc2)cc1. The van der Waals surface area contributed by atoms with Crippen LogP contribution in [-0.2, 0) is 0 Å². The highest BCUT2D eigenvalue weighted by Crippen LogP contribution is 2.32. The summed E-state index contributed by atoms with van der Waals surface area (Å²) in [4.78, 5) is 22.7. The van der Waals surface area contributed by atoms with E-state index in [0.29, 0.717) is 11.1 Å². The Morgan fingerprint density at radius 1 is 0.514 bits per heavy atom. The van der Waals surface area contributed by atoms with Gasteiger partial charge >= 0.3 is 0 Å². The zero-order valence-corrected chi connectivity index (χ0v) is 19.0. The molecule has 0 fully saturated rings. The van der Waals surface area contributed by atoms with Crippen LogP contribution in [0.15, 0.2) is 107 Å². The van der Waals surface area contributed by atoms with Crippen LogP contribution < -0.4 is 0 Å². The molecular formula is C28H16N2O4S. The summed E-state index contributed by atoms with van der Waals surface area (Å²) in [6.45, 7) is 0. The molecular weight excluding hydrogens is 460 g/mol. The van der Waals surface area contributed by atoms with E-state index in [2.05, 4.69) is 23.7 Å². The standard InChI is InChI=1S/C28H16N2O4S/c31-29(32)25-17-11-21(12-18-25)9-15-23-5-1-3-7-27(23)35-28-8-4-2-6-24(28)16-10-22-13-19-26(20-14-22)30(33)34/h1-8,11-14,17-20H. The summed E-state index contributed by atoms with van der Waals surface area (Å²) in [6.07, 6.45) is 0. The third-order valence-electron chi connectivity index (χ3n) is 4.83. The molecule has 0 saturated carbocycles. The molecule has 0 heterocycles. The van der Waals surface area contributed by atoms with E-state index in [-0.39, 0.29) is 11.4 Å². The first-order valence-electron chi connectivity index (χ1n) is 10.4. The minimum absolute atomic E-state index is 0.0259. The molecule has 0 aliphatic heterocycles. The van der Waals surface area contributed by atoms with Crippen molar-refractivity contribution in [2.45, 2.75) is 9.79 Å². The molecule has 0 saturated heterocycles. The van der Waals surface area contributed by atoms with Crippen molar-refractivity contribution < 1.29 is 9.85 Å². The average molecular weight is 477 g/mol. The lowest BCUT2D eigenvalue weighted by Crippen LogP contribution is -1.87. The summed E-state index contributed by atoms with van der Waals surface area (Å²) in [5.74, 6) is 12.4. The highest BCUT2D eigenvalue weighted by atomic mass is 32.2. The molecule has 4 aromatic rings. The fourth-order valence-corrected chi connectivity index (χ4v) is 4.04. The first-order chi connectivity index (χ1) is 17.0. The summed E-state index contributed by atoms with van der Waals surface area (Å²) in [5.41, 5.74) is 3.08. The van der Waals surface area contributed by atoms with Crippen molar-refractivity contribution in [1.82, 2.24) is 0 Å². The Kier molecular flexibility index (Phi) is 7.22. The molecule has 0 amide bonds. The number of nitrogens with zero attached hydrogens (tertiary/aromatic N) is 2. The van der Waals surface area contributed by atoms with Crippen LogP contribution in [0, 0.1) is 43.9 Å². The summed E-state index contributed by atoms with van der Waals surface area (Å²) in [5, 5.41) is 21.7. The zero-order valence-electron chi connectivity index (χ0n) is 18.2. The van der Waals surface area contributed by atoms with Crippen LogP contribution in [0.4, 0.5) is 11.4 Å². The number of rotatable bonds is 4. The molecule has 0 spiro atoms. The number of nitro groups is 2. The van der Waals surface area contributed by atoms with Gasteiger partial charge in [0.25, 0.3) is 11.4 Å². The van der Waals surface area contributed by atoms with E-state index >= 15 is 0 Å². The third-order valence-corrected chi connectivity index (χ3v) is 5.99. The molecule has 6 nitrogen and oxygen atoms in total. The van der Waals surface area contributed by atoms with Crippen molar-refractivity contribution in [3.05, 3.63) is 140 Å².